The van der Waals surface area contributed by atoms with Crippen LogP contribution in [0.15, 0.2) is 30.6 Å². The molecule has 17 heavy (non-hydrogen) atoms. The first-order valence-electron chi connectivity index (χ1n) is 4.64. The zero-order valence-electron chi connectivity index (χ0n) is 8.59. The first-order valence-corrected chi connectivity index (χ1v) is 5.02. The summed E-state index contributed by atoms with van der Waals surface area (Å²) < 4.78 is 5.40. The lowest BCUT2D eigenvalue weighted by Gasteiger charge is -2.08. The lowest BCUT2D eigenvalue weighted by Crippen LogP contribution is -1.95. The maximum atomic E-state index is 8.57. The van der Waals surface area contributed by atoms with E-state index in [-0.39, 0.29) is 11.6 Å². The zero-order chi connectivity index (χ0) is 12.3. The van der Waals surface area contributed by atoms with E-state index in [0.29, 0.717) is 16.5 Å². The van der Waals surface area contributed by atoms with Gasteiger partial charge in [0.05, 0.1) is 23.1 Å². The standard InChI is InChI=1S/C11H7ClN4O/c12-8-2-1-3-9(14)11(8)17-10-6-15-7(4-13)5-16-10/h1-3,5-6H,14H2. The summed E-state index contributed by atoms with van der Waals surface area (Å²) in [5.74, 6) is 0.553. The maximum absolute atomic E-state index is 8.57. The van der Waals surface area contributed by atoms with Crippen molar-refractivity contribution in [2.24, 2.45) is 0 Å². The van der Waals surface area contributed by atoms with Crippen molar-refractivity contribution in [1.29, 1.82) is 5.26 Å². The Morgan fingerprint density at radius 1 is 1.29 bits per heavy atom. The Morgan fingerprint density at radius 3 is 2.71 bits per heavy atom. The first-order chi connectivity index (χ1) is 8.20. The van der Waals surface area contributed by atoms with Crippen LogP contribution in [0.5, 0.6) is 11.6 Å². The molecule has 6 heteroatoms. The normalized spacial score (nSPS) is 9.65. The molecule has 0 amide bonds. The number of hydrogen-bond donors (Lipinski definition) is 1. The van der Waals surface area contributed by atoms with Gasteiger partial charge in [-0.2, -0.15) is 5.26 Å². The molecule has 1 aromatic carbocycles. The zero-order valence-corrected chi connectivity index (χ0v) is 9.35. The van der Waals surface area contributed by atoms with Gasteiger partial charge in [-0.1, -0.05) is 17.7 Å². The number of rotatable bonds is 2. The summed E-state index contributed by atoms with van der Waals surface area (Å²) in [6.07, 6.45) is 2.64. The van der Waals surface area contributed by atoms with Crippen LogP contribution in [-0.4, -0.2) is 9.97 Å². The predicted molar refractivity (Wildman–Crippen MR) is 62.7 cm³/mol. The lowest BCUT2D eigenvalue weighted by atomic mass is 10.3. The van der Waals surface area contributed by atoms with Crippen molar-refractivity contribution < 1.29 is 4.74 Å². The number of aromatic nitrogens is 2. The van der Waals surface area contributed by atoms with E-state index in [1.165, 1.54) is 12.4 Å². The Morgan fingerprint density at radius 2 is 2.12 bits per heavy atom. The molecule has 2 aromatic rings. The summed E-state index contributed by atoms with van der Waals surface area (Å²) in [6, 6.07) is 6.90. The quantitative estimate of drug-likeness (QED) is 0.823. The number of benzene rings is 1. The number of ether oxygens (including phenoxy) is 1. The molecule has 0 aliphatic heterocycles. The third kappa shape index (κ3) is 2.44. The fourth-order valence-electron chi connectivity index (χ4n) is 1.16. The highest BCUT2D eigenvalue weighted by Crippen LogP contribution is 2.33. The van der Waals surface area contributed by atoms with E-state index in [9.17, 15) is 0 Å². The highest BCUT2D eigenvalue weighted by Gasteiger charge is 2.08. The summed E-state index contributed by atoms with van der Waals surface area (Å²) in [5, 5.41) is 8.96. The smallest absolute Gasteiger partial charge is 0.238 e. The summed E-state index contributed by atoms with van der Waals surface area (Å²) in [6.45, 7) is 0. The number of nitriles is 1. The molecule has 0 radical (unpaired) electrons. The van der Waals surface area contributed by atoms with E-state index in [2.05, 4.69) is 9.97 Å². The Kier molecular flexibility index (Phi) is 3.08. The average Bonchev–Trinajstić information content (AvgIpc) is 2.35. The van der Waals surface area contributed by atoms with Crippen molar-refractivity contribution in [1.82, 2.24) is 9.97 Å². The molecular formula is C11H7ClN4O. The van der Waals surface area contributed by atoms with Crippen LogP contribution in [0.1, 0.15) is 5.69 Å². The van der Waals surface area contributed by atoms with Crippen LogP contribution < -0.4 is 10.5 Å². The van der Waals surface area contributed by atoms with Crippen molar-refractivity contribution in [3.05, 3.63) is 41.3 Å². The van der Waals surface area contributed by atoms with Crippen molar-refractivity contribution in [3.63, 3.8) is 0 Å². The van der Waals surface area contributed by atoms with Gasteiger partial charge in [0.2, 0.25) is 5.88 Å². The highest BCUT2D eigenvalue weighted by atomic mass is 35.5. The molecule has 0 unspecified atom stereocenters. The summed E-state index contributed by atoms with van der Waals surface area (Å²) in [7, 11) is 0. The van der Waals surface area contributed by atoms with Gasteiger partial charge in [0.25, 0.3) is 0 Å². The van der Waals surface area contributed by atoms with Gasteiger partial charge < -0.3 is 10.5 Å². The van der Waals surface area contributed by atoms with Gasteiger partial charge in [0, 0.05) is 0 Å². The van der Waals surface area contributed by atoms with Crippen LogP contribution in [0.25, 0.3) is 0 Å². The van der Waals surface area contributed by atoms with Crippen molar-refractivity contribution in [2.75, 3.05) is 5.73 Å². The molecule has 0 saturated heterocycles. The van der Waals surface area contributed by atoms with Crippen LogP contribution in [0.2, 0.25) is 5.02 Å². The van der Waals surface area contributed by atoms with Crippen molar-refractivity contribution in [3.8, 4) is 17.7 Å². The third-order valence-electron chi connectivity index (χ3n) is 1.95. The number of para-hydroxylation sites is 1. The van der Waals surface area contributed by atoms with Crippen molar-refractivity contribution in [2.45, 2.75) is 0 Å². The Bertz CT molecular complexity index is 557. The molecule has 84 valence electrons. The Balaban J connectivity index is 2.29. The molecule has 0 atom stereocenters. The topological polar surface area (TPSA) is 84.8 Å². The number of hydrogen-bond acceptors (Lipinski definition) is 5. The number of nitrogen functional groups attached to an aromatic ring is 1. The molecule has 0 fully saturated rings. The van der Waals surface area contributed by atoms with E-state index < -0.39 is 0 Å². The third-order valence-corrected chi connectivity index (χ3v) is 2.24. The molecule has 0 saturated carbocycles. The Labute approximate surface area is 102 Å². The van der Waals surface area contributed by atoms with E-state index in [1.54, 1.807) is 18.2 Å². The highest BCUT2D eigenvalue weighted by molar-refractivity contribution is 6.32. The Hall–Kier alpha value is -2.32. The SMILES string of the molecule is N#Cc1cnc(Oc2c(N)cccc2Cl)cn1. The first kappa shape index (κ1) is 11.2. The maximum Gasteiger partial charge on any atom is 0.238 e. The van der Waals surface area contributed by atoms with Crippen LogP contribution in [0.3, 0.4) is 0 Å². The molecule has 0 spiro atoms. The molecule has 1 heterocycles. The number of nitrogens with two attached hydrogens (primary N) is 1. The minimum Gasteiger partial charge on any atom is -0.434 e. The molecular weight excluding hydrogens is 240 g/mol. The molecule has 0 bridgehead atoms. The van der Waals surface area contributed by atoms with E-state index in [4.69, 9.17) is 27.3 Å². The average molecular weight is 247 g/mol. The van der Waals surface area contributed by atoms with Crippen LogP contribution in [-0.2, 0) is 0 Å². The fraction of sp³-hybridized carbons (Fsp3) is 0. The van der Waals surface area contributed by atoms with E-state index >= 15 is 0 Å². The van der Waals surface area contributed by atoms with Gasteiger partial charge >= 0.3 is 0 Å². The minimum atomic E-state index is 0.212. The largest absolute Gasteiger partial charge is 0.434 e. The summed E-state index contributed by atoms with van der Waals surface area (Å²) >= 11 is 5.93. The molecule has 5 nitrogen and oxygen atoms in total. The van der Waals surface area contributed by atoms with E-state index in [1.807, 2.05) is 6.07 Å². The van der Waals surface area contributed by atoms with Gasteiger partial charge in [0.1, 0.15) is 6.07 Å². The van der Waals surface area contributed by atoms with Crippen molar-refractivity contribution >= 4 is 17.3 Å². The molecule has 1 aromatic heterocycles. The molecule has 2 rings (SSSR count). The van der Waals surface area contributed by atoms with Gasteiger partial charge in [-0.25, -0.2) is 9.97 Å². The van der Waals surface area contributed by atoms with Crippen LogP contribution >= 0.6 is 11.6 Å². The summed E-state index contributed by atoms with van der Waals surface area (Å²) in [5.41, 5.74) is 6.33. The number of anilines is 1. The van der Waals surface area contributed by atoms with Gasteiger partial charge in [-0.05, 0) is 12.1 Å². The van der Waals surface area contributed by atoms with Crippen LogP contribution in [0.4, 0.5) is 5.69 Å². The molecule has 2 N–H and O–H groups in total. The second-order valence-electron chi connectivity index (χ2n) is 3.11. The van der Waals surface area contributed by atoms with E-state index in [0.717, 1.165) is 0 Å². The second-order valence-corrected chi connectivity index (χ2v) is 3.52. The minimum absolute atomic E-state index is 0.212. The number of nitrogens with zero attached hydrogens (tertiary/aromatic N) is 3. The fourth-order valence-corrected chi connectivity index (χ4v) is 1.38. The van der Waals surface area contributed by atoms with Gasteiger partial charge in [-0.15, -0.1) is 0 Å². The number of halogens is 1. The summed E-state index contributed by atoms with van der Waals surface area (Å²) in [4.78, 5) is 7.73. The van der Waals surface area contributed by atoms with Crippen LogP contribution in [0, 0.1) is 11.3 Å². The lowest BCUT2D eigenvalue weighted by molar-refractivity contribution is 0.462. The van der Waals surface area contributed by atoms with Gasteiger partial charge in [0.15, 0.2) is 11.4 Å². The molecule has 0 aliphatic rings. The van der Waals surface area contributed by atoms with Gasteiger partial charge in [-0.3, -0.25) is 0 Å². The predicted octanol–water partition coefficient (Wildman–Crippen LogP) is 2.38. The monoisotopic (exact) mass is 246 g/mol. The molecule has 0 aliphatic carbocycles. The second kappa shape index (κ2) is 4.68.